The van der Waals surface area contributed by atoms with Crippen molar-refractivity contribution >= 4 is 33.0 Å². The first kappa shape index (κ1) is 9.45. The van der Waals surface area contributed by atoms with E-state index < -0.39 is 5.82 Å². The summed E-state index contributed by atoms with van der Waals surface area (Å²) in [5.74, 6) is -0.416. The van der Waals surface area contributed by atoms with Crippen molar-refractivity contribution in [2.24, 2.45) is 0 Å². The zero-order valence-electron chi connectivity index (χ0n) is 7.05. The molecule has 1 nitrogen and oxygen atoms in total. The molecule has 14 heavy (non-hydrogen) atoms. The minimum absolute atomic E-state index is 0.142. The Bertz CT molecular complexity index is 527. The lowest BCUT2D eigenvalue weighted by molar-refractivity contribution is 0.630. The molecule has 0 bridgehead atoms. The predicted molar refractivity (Wildman–Crippen MR) is 56.1 cm³/mol. The van der Waals surface area contributed by atoms with Gasteiger partial charge >= 0.3 is 0 Å². The van der Waals surface area contributed by atoms with E-state index in [9.17, 15) is 4.39 Å². The van der Waals surface area contributed by atoms with Crippen LogP contribution in [-0.2, 0) is 6.42 Å². The molecule has 70 valence electrons. The molecule has 0 saturated heterocycles. The van der Waals surface area contributed by atoms with E-state index in [-0.39, 0.29) is 5.02 Å². The van der Waals surface area contributed by atoms with E-state index in [1.807, 2.05) is 0 Å². The maximum atomic E-state index is 13.1. The summed E-state index contributed by atoms with van der Waals surface area (Å²) >= 11 is 7.26. The molecule has 2 rings (SSSR count). The smallest absolute Gasteiger partial charge is 0.142 e. The molecule has 0 aliphatic carbocycles. The van der Waals surface area contributed by atoms with Gasteiger partial charge in [-0.1, -0.05) is 11.6 Å². The van der Waals surface area contributed by atoms with Crippen molar-refractivity contribution in [3.63, 3.8) is 0 Å². The average molecular weight is 226 g/mol. The van der Waals surface area contributed by atoms with Gasteiger partial charge in [0.1, 0.15) is 5.82 Å². The van der Waals surface area contributed by atoms with Crippen LogP contribution in [0.5, 0.6) is 0 Å². The van der Waals surface area contributed by atoms with Crippen LogP contribution in [0.4, 0.5) is 4.39 Å². The molecule has 0 N–H and O–H groups in total. The standard InChI is InChI=1S/C10H5ClFNS/c11-10-7-5-6(3-4-13)14-9(7)2-1-8(10)12/h1-2,5H,3H2. The van der Waals surface area contributed by atoms with E-state index in [4.69, 9.17) is 16.9 Å². The molecule has 1 heterocycles. The number of thiophene rings is 1. The van der Waals surface area contributed by atoms with Gasteiger partial charge in [0.15, 0.2) is 0 Å². The van der Waals surface area contributed by atoms with E-state index in [1.54, 1.807) is 12.1 Å². The van der Waals surface area contributed by atoms with Crippen molar-refractivity contribution in [1.82, 2.24) is 0 Å². The fourth-order valence-corrected chi connectivity index (χ4v) is 2.55. The van der Waals surface area contributed by atoms with Crippen LogP contribution in [-0.4, -0.2) is 0 Å². The van der Waals surface area contributed by atoms with Gasteiger partial charge in [-0.3, -0.25) is 0 Å². The maximum Gasteiger partial charge on any atom is 0.142 e. The van der Waals surface area contributed by atoms with Gasteiger partial charge in [0.25, 0.3) is 0 Å². The Morgan fingerprint density at radius 1 is 1.50 bits per heavy atom. The molecule has 0 saturated carbocycles. The highest BCUT2D eigenvalue weighted by Gasteiger charge is 2.08. The van der Waals surface area contributed by atoms with Crippen LogP contribution in [0.15, 0.2) is 18.2 Å². The second-order valence-corrected chi connectivity index (χ2v) is 4.37. The Hall–Kier alpha value is -1.11. The molecule has 0 atom stereocenters. The lowest BCUT2D eigenvalue weighted by Crippen LogP contribution is -1.74. The monoisotopic (exact) mass is 225 g/mol. The Kier molecular flexibility index (Phi) is 2.40. The van der Waals surface area contributed by atoms with Crippen LogP contribution in [0.3, 0.4) is 0 Å². The molecule has 0 unspecified atom stereocenters. The van der Waals surface area contributed by atoms with Gasteiger partial charge in [-0.25, -0.2) is 4.39 Å². The van der Waals surface area contributed by atoms with E-state index >= 15 is 0 Å². The second-order valence-electron chi connectivity index (χ2n) is 2.82. The Morgan fingerprint density at radius 3 is 3.00 bits per heavy atom. The fraction of sp³-hybridized carbons (Fsp3) is 0.100. The largest absolute Gasteiger partial charge is 0.205 e. The van der Waals surface area contributed by atoms with Crippen LogP contribution in [0.1, 0.15) is 4.88 Å². The fourth-order valence-electron chi connectivity index (χ4n) is 1.27. The third-order valence-corrected chi connectivity index (χ3v) is 3.38. The molecule has 0 amide bonds. The highest BCUT2D eigenvalue weighted by atomic mass is 35.5. The molecular weight excluding hydrogens is 221 g/mol. The van der Waals surface area contributed by atoms with Gasteiger partial charge in [-0.15, -0.1) is 11.3 Å². The molecule has 1 aromatic carbocycles. The van der Waals surface area contributed by atoms with Gasteiger partial charge in [-0.2, -0.15) is 5.26 Å². The first-order valence-electron chi connectivity index (χ1n) is 3.95. The number of nitrogens with zero attached hydrogens (tertiary/aromatic N) is 1. The summed E-state index contributed by atoms with van der Waals surface area (Å²) < 4.78 is 14.0. The zero-order chi connectivity index (χ0) is 10.1. The van der Waals surface area contributed by atoms with Crippen LogP contribution in [0, 0.1) is 17.1 Å². The van der Waals surface area contributed by atoms with E-state index in [0.717, 1.165) is 9.58 Å². The summed E-state index contributed by atoms with van der Waals surface area (Å²) in [6.45, 7) is 0. The summed E-state index contributed by atoms with van der Waals surface area (Å²) in [6.07, 6.45) is 0.345. The van der Waals surface area contributed by atoms with Gasteiger partial charge in [0, 0.05) is 15.0 Å². The van der Waals surface area contributed by atoms with Crippen molar-refractivity contribution in [2.75, 3.05) is 0 Å². The molecule has 0 aliphatic rings. The normalized spacial score (nSPS) is 10.4. The van der Waals surface area contributed by atoms with Crippen molar-refractivity contribution in [3.8, 4) is 6.07 Å². The summed E-state index contributed by atoms with van der Waals surface area (Å²) in [4.78, 5) is 0.912. The van der Waals surface area contributed by atoms with E-state index in [0.29, 0.717) is 11.8 Å². The van der Waals surface area contributed by atoms with E-state index in [2.05, 4.69) is 6.07 Å². The molecule has 0 fully saturated rings. The maximum absolute atomic E-state index is 13.1. The molecule has 1 aromatic heterocycles. The number of fused-ring (bicyclic) bond motifs is 1. The van der Waals surface area contributed by atoms with Crippen molar-refractivity contribution in [3.05, 3.63) is 33.9 Å². The number of nitriles is 1. The predicted octanol–water partition coefficient (Wildman–Crippen LogP) is 3.76. The first-order valence-corrected chi connectivity index (χ1v) is 5.15. The van der Waals surface area contributed by atoms with Crippen molar-refractivity contribution in [2.45, 2.75) is 6.42 Å². The van der Waals surface area contributed by atoms with Gasteiger partial charge in [-0.05, 0) is 18.2 Å². The number of hydrogen-bond acceptors (Lipinski definition) is 2. The van der Waals surface area contributed by atoms with Crippen molar-refractivity contribution in [1.29, 1.82) is 5.26 Å². The van der Waals surface area contributed by atoms with Crippen LogP contribution < -0.4 is 0 Å². The summed E-state index contributed by atoms with van der Waals surface area (Å²) in [7, 11) is 0. The topological polar surface area (TPSA) is 23.8 Å². The number of rotatable bonds is 1. The lowest BCUT2D eigenvalue weighted by Gasteiger charge is -1.93. The quantitative estimate of drug-likeness (QED) is 0.725. The molecule has 0 aliphatic heterocycles. The number of hydrogen-bond donors (Lipinski definition) is 0. The Labute approximate surface area is 89.3 Å². The lowest BCUT2D eigenvalue weighted by atomic mass is 10.2. The highest BCUT2D eigenvalue weighted by molar-refractivity contribution is 7.19. The Balaban J connectivity index is 2.66. The summed E-state index contributed by atoms with van der Waals surface area (Å²) in [5, 5.41) is 9.36. The average Bonchev–Trinajstić information content (AvgIpc) is 2.56. The highest BCUT2D eigenvalue weighted by Crippen LogP contribution is 2.32. The van der Waals surface area contributed by atoms with Gasteiger partial charge < -0.3 is 0 Å². The summed E-state index contributed by atoms with van der Waals surface area (Å²) in [6, 6.07) is 6.85. The second kappa shape index (κ2) is 3.56. The summed E-state index contributed by atoms with van der Waals surface area (Å²) in [5.41, 5.74) is 0. The van der Waals surface area contributed by atoms with Gasteiger partial charge in [0.05, 0.1) is 17.5 Å². The van der Waals surface area contributed by atoms with Gasteiger partial charge in [0.2, 0.25) is 0 Å². The third kappa shape index (κ3) is 1.47. The molecule has 4 heteroatoms. The molecule has 0 radical (unpaired) electrons. The Morgan fingerprint density at radius 2 is 2.29 bits per heavy atom. The SMILES string of the molecule is N#CCc1cc2c(Cl)c(F)ccc2s1. The zero-order valence-corrected chi connectivity index (χ0v) is 8.62. The molecule has 0 spiro atoms. The third-order valence-electron chi connectivity index (χ3n) is 1.89. The number of halogens is 2. The van der Waals surface area contributed by atoms with Crippen LogP contribution in [0.2, 0.25) is 5.02 Å². The van der Waals surface area contributed by atoms with E-state index in [1.165, 1.54) is 17.4 Å². The van der Waals surface area contributed by atoms with Crippen molar-refractivity contribution < 1.29 is 4.39 Å². The molecule has 2 aromatic rings. The minimum Gasteiger partial charge on any atom is -0.205 e. The molecular formula is C10H5ClFNS. The number of benzene rings is 1. The first-order chi connectivity index (χ1) is 6.72. The van der Waals surface area contributed by atoms with Crippen LogP contribution >= 0.6 is 22.9 Å². The van der Waals surface area contributed by atoms with Crippen LogP contribution in [0.25, 0.3) is 10.1 Å². The minimum atomic E-state index is -0.416.